The fraction of sp³-hybridized carbons (Fsp3) is 0.625. The maximum atomic E-state index is 9.58. The molecule has 0 radical (unpaired) electrons. The van der Waals surface area contributed by atoms with Crippen LogP contribution in [0.3, 0.4) is 0 Å². The number of aromatic nitrogens is 1. The molecular formula is C8H13NO2S2. The predicted molar refractivity (Wildman–Crippen MR) is 56.4 cm³/mol. The van der Waals surface area contributed by atoms with Gasteiger partial charge in [0.15, 0.2) is 0 Å². The molecule has 1 heterocycles. The van der Waals surface area contributed by atoms with Gasteiger partial charge in [-0.05, 0) is 13.8 Å². The highest BCUT2D eigenvalue weighted by molar-refractivity contribution is 7.80. The molecule has 1 aromatic rings. The molecule has 1 aromatic heterocycles. The van der Waals surface area contributed by atoms with E-state index in [0.717, 1.165) is 10.6 Å². The minimum absolute atomic E-state index is 0.235. The van der Waals surface area contributed by atoms with E-state index in [4.69, 9.17) is 0 Å². The zero-order valence-corrected chi connectivity index (χ0v) is 9.27. The van der Waals surface area contributed by atoms with Gasteiger partial charge in [0.1, 0.15) is 11.1 Å². The Hall–Kier alpha value is -0.100. The Balaban J connectivity index is 2.82. The lowest BCUT2D eigenvalue weighted by atomic mass is 10.2. The normalized spacial score (nSPS) is 15.8. The molecule has 0 bridgehead atoms. The quantitative estimate of drug-likeness (QED) is 0.667. The topological polar surface area (TPSA) is 53.4 Å². The summed E-state index contributed by atoms with van der Waals surface area (Å²) >= 11 is 5.32. The van der Waals surface area contributed by atoms with Gasteiger partial charge in [0.05, 0.1) is 11.8 Å². The van der Waals surface area contributed by atoms with E-state index in [1.165, 1.54) is 11.3 Å². The molecule has 0 saturated carbocycles. The molecule has 0 aliphatic heterocycles. The van der Waals surface area contributed by atoms with Crippen molar-refractivity contribution in [3.8, 4) is 0 Å². The van der Waals surface area contributed by atoms with Gasteiger partial charge in [-0.25, -0.2) is 4.98 Å². The highest BCUT2D eigenvalue weighted by atomic mass is 32.1. The van der Waals surface area contributed by atoms with Gasteiger partial charge >= 0.3 is 0 Å². The standard InChI is InChI=1S/C8H13NO2S2/c1-4-5(2)13-8(9-4)7(11)6(10)3-12/h6-7,10-12H,3H2,1-2H3. The third-order valence-electron chi connectivity index (χ3n) is 1.85. The van der Waals surface area contributed by atoms with E-state index in [-0.39, 0.29) is 5.75 Å². The number of aryl methyl sites for hydroxylation is 2. The predicted octanol–water partition coefficient (Wildman–Crippen LogP) is 1.08. The second kappa shape index (κ2) is 4.41. The van der Waals surface area contributed by atoms with Crippen LogP contribution in [0.4, 0.5) is 0 Å². The summed E-state index contributed by atoms with van der Waals surface area (Å²) in [6.07, 6.45) is -1.75. The Labute approximate surface area is 86.9 Å². The van der Waals surface area contributed by atoms with Crippen LogP contribution < -0.4 is 0 Å². The van der Waals surface area contributed by atoms with Crippen molar-refractivity contribution in [3.05, 3.63) is 15.6 Å². The number of nitrogens with zero attached hydrogens (tertiary/aromatic N) is 1. The number of aliphatic hydroxyl groups is 2. The van der Waals surface area contributed by atoms with Gasteiger partial charge in [-0.3, -0.25) is 0 Å². The van der Waals surface area contributed by atoms with E-state index in [9.17, 15) is 10.2 Å². The number of thiazole rings is 1. The zero-order chi connectivity index (χ0) is 10.0. The van der Waals surface area contributed by atoms with E-state index < -0.39 is 12.2 Å². The van der Waals surface area contributed by atoms with E-state index in [1.807, 2.05) is 13.8 Å². The van der Waals surface area contributed by atoms with Crippen molar-refractivity contribution in [2.24, 2.45) is 0 Å². The number of aliphatic hydroxyl groups excluding tert-OH is 2. The first-order valence-corrected chi connectivity index (χ1v) is 5.42. The van der Waals surface area contributed by atoms with Crippen molar-refractivity contribution in [1.29, 1.82) is 0 Å². The van der Waals surface area contributed by atoms with Crippen molar-refractivity contribution in [3.63, 3.8) is 0 Å². The van der Waals surface area contributed by atoms with Crippen molar-refractivity contribution < 1.29 is 10.2 Å². The second-order valence-electron chi connectivity index (χ2n) is 2.89. The molecule has 0 aliphatic rings. The summed E-state index contributed by atoms with van der Waals surface area (Å²) in [5, 5.41) is 19.5. The molecule has 0 aromatic carbocycles. The van der Waals surface area contributed by atoms with Gasteiger partial charge in [0.2, 0.25) is 0 Å². The number of hydrogen-bond donors (Lipinski definition) is 3. The molecule has 0 spiro atoms. The van der Waals surface area contributed by atoms with Crippen molar-refractivity contribution in [2.75, 3.05) is 5.75 Å². The first-order valence-electron chi connectivity index (χ1n) is 3.97. The first-order chi connectivity index (χ1) is 6.06. The van der Waals surface area contributed by atoms with Crippen LogP contribution in [0.5, 0.6) is 0 Å². The number of rotatable bonds is 3. The third-order valence-corrected chi connectivity index (χ3v) is 3.37. The van der Waals surface area contributed by atoms with E-state index in [0.29, 0.717) is 5.01 Å². The first kappa shape index (κ1) is 11.0. The van der Waals surface area contributed by atoms with Crippen LogP contribution in [-0.2, 0) is 0 Å². The van der Waals surface area contributed by atoms with Gasteiger partial charge in [0, 0.05) is 10.6 Å². The van der Waals surface area contributed by atoms with Gasteiger partial charge in [-0.2, -0.15) is 12.6 Å². The van der Waals surface area contributed by atoms with Crippen molar-refractivity contribution >= 4 is 24.0 Å². The summed E-state index contributed by atoms with van der Waals surface area (Å²) in [7, 11) is 0. The Morgan fingerprint density at radius 2 is 2.08 bits per heavy atom. The van der Waals surface area contributed by atoms with E-state index >= 15 is 0 Å². The van der Waals surface area contributed by atoms with Gasteiger partial charge in [-0.1, -0.05) is 0 Å². The van der Waals surface area contributed by atoms with Crippen LogP contribution >= 0.6 is 24.0 Å². The van der Waals surface area contributed by atoms with Gasteiger partial charge < -0.3 is 10.2 Å². The zero-order valence-electron chi connectivity index (χ0n) is 7.56. The summed E-state index contributed by atoms with van der Waals surface area (Å²) in [6.45, 7) is 3.82. The molecule has 0 aliphatic carbocycles. The van der Waals surface area contributed by atoms with Crippen molar-refractivity contribution in [1.82, 2.24) is 4.98 Å². The highest BCUT2D eigenvalue weighted by Gasteiger charge is 2.20. The third kappa shape index (κ3) is 2.43. The van der Waals surface area contributed by atoms with E-state index in [1.54, 1.807) is 0 Å². The molecule has 13 heavy (non-hydrogen) atoms. The molecule has 0 saturated heterocycles. The Kier molecular flexibility index (Phi) is 3.73. The lowest BCUT2D eigenvalue weighted by Crippen LogP contribution is -2.19. The molecule has 0 fully saturated rings. The second-order valence-corrected chi connectivity index (χ2v) is 4.49. The molecule has 2 unspecified atom stereocenters. The Bertz CT molecular complexity index is 268. The summed E-state index contributed by atoms with van der Waals surface area (Å²) in [5.41, 5.74) is 0.908. The van der Waals surface area contributed by atoms with Crippen LogP contribution in [0.25, 0.3) is 0 Å². The highest BCUT2D eigenvalue weighted by Crippen LogP contribution is 2.25. The van der Waals surface area contributed by atoms with Crippen LogP contribution in [-0.4, -0.2) is 27.1 Å². The van der Waals surface area contributed by atoms with Crippen molar-refractivity contribution in [2.45, 2.75) is 26.1 Å². The molecule has 74 valence electrons. The lowest BCUT2D eigenvalue weighted by molar-refractivity contribution is 0.0335. The average Bonchev–Trinajstić information content (AvgIpc) is 2.44. The fourth-order valence-electron chi connectivity index (χ4n) is 0.888. The monoisotopic (exact) mass is 219 g/mol. The minimum Gasteiger partial charge on any atom is -0.389 e. The number of hydrogen-bond acceptors (Lipinski definition) is 5. The summed E-state index contributed by atoms with van der Waals surface area (Å²) in [4.78, 5) is 5.22. The summed E-state index contributed by atoms with van der Waals surface area (Å²) in [6, 6.07) is 0. The molecule has 3 nitrogen and oxygen atoms in total. The molecule has 2 N–H and O–H groups in total. The molecule has 1 rings (SSSR count). The van der Waals surface area contributed by atoms with Crippen LogP contribution in [0.15, 0.2) is 0 Å². The smallest absolute Gasteiger partial charge is 0.132 e. The van der Waals surface area contributed by atoms with E-state index in [2.05, 4.69) is 17.6 Å². The molecule has 0 amide bonds. The van der Waals surface area contributed by atoms with Crippen LogP contribution in [0.2, 0.25) is 0 Å². The molecule has 2 atom stereocenters. The van der Waals surface area contributed by atoms with Gasteiger partial charge in [-0.15, -0.1) is 11.3 Å². The SMILES string of the molecule is Cc1nc(C(O)C(O)CS)sc1C. The molecular weight excluding hydrogens is 206 g/mol. The summed E-state index contributed by atoms with van der Waals surface area (Å²) < 4.78 is 0. The van der Waals surface area contributed by atoms with Crippen LogP contribution in [0, 0.1) is 13.8 Å². The maximum absolute atomic E-state index is 9.58. The minimum atomic E-state index is -0.908. The van der Waals surface area contributed by atoms with Gasteiger partial charge in [0.25, 0.3) is 0 Å². The Morgan fingerprint density at radius 1 is 1.46 bits per heavy atom. The fourth-order valence-corrected chi connectivity index (χ4v) is 2.06. The summed E-state index contributed by atoms with van der Waals surface area (Å²) in [5.74, 6) is 0.235. The Morgan fingerprint density at radius 3 is 2.46 bits per heavy atom. The lowest BCUT2D eigenvalue weighted by Gasteiger charge is -2.12. The molecule has 5 heteroatoms. The van der Waals surface area contributed by atoms with Crippen LogP contribution in [0.1, 0.15) is 21.7 Å². The average molecular weight is 219 g/mol. The maximum Gasteiger partial charge on any atom is 0.132 e. The number of thiol groups is 1. The largest absolute Gasteiger partial charge is 0.389 e.